The number of amides is 2. The van der Waals surface area contributed by atoms with Crippen LogP contribution in [-0.4, -0.2) is 24.9 Å². The first kappa shape index (κ1) is 20.1. The topological polar surface area (TPSA) is 85.9 Å². The molecule has 4 rings (SSSR count). The Kier molecular flexibility index (Phi) is 5.99. The summed E-state index contributed by atoms with van der Waals surface area (Å²) in [7, 11) is 0. The molecule has 2 aliphatic heterocycles. The highest BCUT2D eigenvalue weighted by Gasteiger charge is 2.35. The first-order valence-corrected chi connectivity index (χ1v) is 10.9. The second-order valence-corrected chi connectivity index (χ2v) is 8.52. The molecule has 2 heterocycles. The second-order valence-electron chi connectivity index (χ2n) is 7.67. The summed E-state index contributed by atoms with van der Waals surface area (Å²) in [5.74, 6) is 0.816. The average Bonchev–Trinajstić information content (AvgIpc) is 3.09. The lowest BCUT2D eigenvalue weighted by molar-refractivity contribution is -0.145. The summed E-state index contributed by atoms with van der Waals surface area (Å²) in [4.78, 5) is 25.3. The molecule has 0 aromatic heterocycles. The minimum Gasteiger partial charge on any atom is -0.459 e. The van der Waals surface area contributed by atoms with Crippen molar-refractivity contribution in [2.75, 3.05) is 6.79 Å². The molecular weight excluding hydrogens is 440 g/mol. The van der Waals surface area contributed by atoms with Crippen molar-refractivity contribution in [3.05, 3.63) is 33.4 Å². The van der Waals surface area contributed by atoms with Gasteiger partial charge in [0.2, 0.25) is 6.79 Å². The normalized spacial score (nSPS) is 22.4. The smallest absolute Gasteiger partial charge is 0.338 e. The van der Waals surface area contributed by atoms with E-state index in [4.69, 9.17) is 14.2 Å². The summed E-state index contributed by atoms with van der Waals surface area (Å²) in [5.41, 5.74) is 1.62. The van der Waals surface area contributed by atoms with Gasteiger partial charge < -0.3 is 24.8 Å². The summed E-state index contributed by atoms with van der Waals surface area (Å²) in [5, 5.41) is 5.55. The lowest BCUT2D eigenvalue weighted by Gasteiger charge is -2.30. The Morgan fingerprint density at radius 3 is 2.48 bits per heavy atom. The number of halogens is 1. The highest BCUT2D eigenvalue weighted by molar-refractivity contribution is 9.10. The number of hydrogen-bond donors (Lipinski definition) is 2. The molecule has 1 aliphatic carbocycles. The molecule has 1 atom stereocenters. The van der Waals surface area contributed by atoms with E-state index in [1.54, 1.807) is 19.1 Å². The number of ether oxygens (including phenoxy) is 3. The van der Waals surface area contributed by atoms with E-state index < -0.39 is 12.0 Å². The molecule has 29 heavy (non-hydrogen) atoms. The van der Waals surface area contributed by atoms with E-state index >= 15 is 0 Å². The maximum Gasteiger partial charge on any atom is 0.338 e. The Hall–Kier alpha value is -2.22. The van der Waals surface area contributed by atoms with E-state index in [1.807, 2.05) is 0 Å². The molecule has 0 unspecified atom stereocenters. The monoisotopic (exact) mass is 464 g/mol. The van der Waals surface area contributed by atoms with Gasteiger partial charge in [0.25, 0.3) is 0 Å². The van der Waals surface area contributed by atoms with E-state index in [0.717, 1.165) is 30.2 Å². The van der Waals surface area contributed by atoms with E-state index in [2.05, 4.69) is 26.6 Å². The number of fused-ring (bicyclic) bond motifs is 1. The highest BCUT2D eigenvalue weighted by atomic mass is 79.9. The number of carbonyl (C=O) groups is 2. The van der Waals surface area contributed by atoms with Crippen molar-refractivity contribution in [3.8, 4) is 11.5 Å². The molecule has 7 nitrogen and oxygen atoms in total. The SMILES string of the molecule is CC1=C(C(=O)OC2CCCCCCC2)[C@H](c2cc3c(cc2Br)OCO3)NC(=O)N1. The van der Waals surface area contributed by atoms with Gasteiger partial charge in [-0.15, -0.1) is 0 Å². The van der Waals surface area contributed by atoms with Crippen LogP contribution in [0.2, 0.25) is 0 Å². The number of rotatable bonds is 3. The third-order valence-corrected chi connectivity index (χ3v) is 6.30. The van der Waals surface area contributed by atoms with Gasteiger partial charge in [-0.3, -0.25) is 0 Å². The quantitative estimate of drug-likeness (QED) is 0.644. The molecule has 1 aromatic carbocycles. The number of esters is 1. The molecule has 1 aromatic rings. The molecule has 8 heteroatoms. The Morgan fingerprint density at radius 2 is 1.76 bits per heavy atom. The maximum atomic E-state index is 13.2. The zero-order valence-electron chi connectivity index (χ0n) is 16.4. The van der Waals surface area contributed by atoms with E-state index in [-0.39, 0.29) is 18.9 Å². The molecule has 2 amide bonds. The molecule has 0 saturated heterocycles. The number of benzene rings is 1. The van der Waals surface area contributed by atoms with Crippen molar-refractivity contribution in [1.29, 1.82) is 0 Å². The highest BCUT2D eigenvalue weighted by Crippen LogP contribution is 2.41. The predicted octanol–water partition coefficient (Wildman–Crippen LogP) is 4.46. The summed E-state index contributed by atoms with van der Waals surface area (Å²) < 4.78 is 17.5. The van der Waals surface area contributed by atoms with Crippen molar-refractivity contribution >= 4 is 27.9 Å². The second kappa shape index (κ2) is 8.65. The number of nitrogens with one attached hydrogen (secondary N) is 2. The molecule has 1 fully saturated rings. The van der Waals surface area contributed by atoms with Gasteiger partial charge in [0.1, 0.15) is 6.10 Å². The predicted molar refractivity (Wildman–Crippen MR) is 110 cm³/mol. The molecule has 1 saturated carbocycles. The molecule has 3 aliphatic rings. The van der Waals surface area contributed by atoms with Gasteiger partial charge in [-0.1, -0.05) is 35.2 Å². The zero-order valence-corrected chi connectivity index (χ0v) is 18.0. The van der Waals surface area contributed by atoms with Crippen LogP contribution >= 0.6 is 15.9 Å². The van der Waals surface area contributed by atoms with Gasteiger partial charge in [0.05, 0.1) is 11.6 Å². The molecule has 0 radical (unpaired) electrons. The third-order valence-electron chi connectivity index (χ3n) is 5.62. The van der Waals surface area contributed by atoms with Crippen LogP contribution < -0.4 is 20.1 Å². The standard InChI is InChI=1S/C21H25BrN2O5/c1-12-18(20(25)29-13-7-5-3-2-4-6-8-13)19(24-21(26)23-12)14-9-16-17(10-15(14)22)28-11-27-16/h9-10,13,19H,2-8,11H2,1H3,(H2,23,24,26)/t19-/m0/s1. The number of carbonyl (C=O) groups excluding carboxylic acids is 2. The Bertz CT molecular complexity index is 846. The third kappa shape index (κ3) is 4.37. The van der Waals surface area contributed by atoms with Crippen LogP contribution in [-0.2, 0) is 9.53 Å². The number of allylic oxidation sites excluding steroid dienone is 1. The Morgan fingerprint density at radius 1 is 1.10 bits per heavy atom. The number of hydrogen-bond acceptors (Lipinski definition) is 5. The fourth-order valence-electron chi connectivity index (χ4n) is 4.10. The van der Waals surface area contributed by atoms with Crippen molar-refractivity contribution < 1.29 is 23.8 Å². The maximum absolute atomic E-state index is 13.2. The van der Waals surface area contributed by atoms with Crippen molar-refractivity contribution in [2.24, 2.45) is 0 Å². The van der Waals surface area contributed by atoms with Gasteiger partial charge in [-0.2, -0.15) is 0 Å². The van der Waals surface area contributed by atoms with Crippen LogP contribution in [0.4, 0.5) is 4.79 Å². The number of urea groups is 1. The van der Waals surface area contributed by atoms with Gasteiger partial charge in [-0.25, -0.2) is 9.59 Å². The Balaban J connectivity index is 1.61. The largest absolute Gasteiger partial charge is 0.459 e. The van der Waals surface area contributed by atoms with E-state index in [9.17, 15) is 9.59 Å². The van der Waals surface area contributed by atoms with Gasteiger partial charge in [0, 0.05) is 10.2 Å². The first-order chi connectivity index (χ1) is 14.0. The van der Waals surface area contributed by atoms with Crippen LogP contribution in [0.25, 0.3) is 0 Å². The molecule has 0 bridgehead atoms. The van der Waals surface area contributed by atoms with Crippen LogP contribution in [0.15, 0.2) is 27.9 Å². The lowest BCUT2D eigenvalue weighted by atomic mass is 9.94. The first-order valence-electron chi connectivity index (χ1n) is 10.1. The minimum atomic E-state index is -0.645. The van der Waals surface area contributed by atoms with Crippen LogP contribution in [0.5, 0.6) is 11.5 Å². The van der Waals surface area contributed by atoms with Crippen molar-refractivity contribution in [3.63, 3.8) is 0 Å². The summed E-state index contributed by atoms with van der Waals surface area (Å²) in [6.45, 7) is 1.87. The lowest BCUT2D eigenvalue weighted by Crippen LogP contribution is -2.45. The van der Waals surface area contributed by atoms with E-state index in [0.29, 0.717) is 28.3 Å². The van der Waals surface area contributed by atoms with Crippen molar-refractivity contribution in [2.45, 2.75) is 64.0 Å². The molecular formula is C21H25BrN2O5. The summed E-state index contributed by atoms with van der Waals surface area (Å²) >= 11 is 3.54. The summed E-state index contributed by atoms with van der Waals surface area (Å²) in [6, 6.07) is 2.58. The summed E-state index contributed by atoms with van der Waals surface area (Å²) in [6.07, 6.45) is 7.44. The fraction of sp³-hybridized carbons (Fsp3) is 0.524. The van der Waals surface area contributed by atoms with Crippen LogP contribution in [0.1, 0.15) is 63.5 Å². The van der Waals surface area contributed by atoms with Gasteiger partial charge in [0.15, 0.2) is 11.5 Å². The van der Waals surface area contributed by atoms with Gasteiger partial charge >= 0.3 is 12.0 Å². The molecule has 156 valence electrons. The Labute approximate surface area is 178 Å². The van der Waals surface area contributed by atoms with Crippen molar-refractivity contribution in [1.82, 2.24) is 10.6 Å². The average molecular weight is 465 g/mol. The van der Waals surface area contributed by atoms with Crippen LogP contribution in [0.3, 0.4) is 0 Å². The minimum absolute atomic E-state index is 0.0819. The fourth-order valence-corrected chi connectivity index (χ4v) is 4.65. The molecule has 0 spiro atoms. The zero-order chi connectivity index (χ0) is 20.4. The van der Waals surface area contributed by atoms with Crippen LogP contribution in [0, 0.1) is 0 Å². The van der Waals surface area contributed by atoms with E-state index in [1.165, 1.54) is 19.3 Å². The molecule has 2 N–H and O–H groups in total. The van der Waals surface area contributed by atoms with Gasteiger partial charge in [-0.05, 0) is 50.3 Å².